The van der Waals surface area contributed by atoms with E-state index in [4.69, 9.17) is 0 Å². The van der Waals surface area contributed by atoms with Crippen LogP contribution in [0.1, 0.15) is 17.5 Å². The van der Waals surface area contributed by atoms with Gasteiger partial charge in [-0.25, -0.2) is 4.99 Å². The number of aliphatic imine (C=N–C) groups is 1. The highest BCUT2D eigenvalue weighted by atomic mass is 19.4. The van der Waals surface area contributed by atoms with Gasteiger partial charge in [-0.3, -0.25) is 4.79 Å². The third-order valence-corrected chi connectivity index (χ3v) is 5.49. The summed E-state index contributed by atoms with van der Waals surface area (Å²) >= 11 is 0. The van der Waals surface area contributed by atoms with Crippen molar-refractivity contribution < 1.29 is 18.0 Å². The zero-order chi connectivity index (χ0) is 22.0. The first-order valence-corrected chi connectivity index (χ1v) is 10.1. The van der Waals surface area contributed by atoms with E-state index in [0.717, 1.165) is 30.8 Å². The third kappa shape index (κ3) is 4.80. The zero-order valence-corrected chi connectivity index (χ0v) is 17.1. The van der Waals surface area contributed by atoms with Crippen molar-refractivity contribution in [2.24, 2.45) is 4.99 Å². The second-order valence-corrected chi connectivity index (χ2v) is 7.69. The van der Waals surface area contributed by atoms with Crippen LogP contribution in [0.25, 0.3) is 5.70 Å². The highest BCUT2D eigenvalue weighted by Crippen LogP contribution is 2.36. The Kier molecular flexibility index (Phi) is 5.82. The predicted molar refractivity (Wildman–Crippen MR) is 116 cm³/mol. The number of allylic oxidation sites excluding steroid dienone is 1. The molecule has 0 radical (unpaired) electrons. The normalized spacial score (nSPS) is 17.4. The van der Waals surface area contributed by atoms with Crippen LogP contribution in [0.5, 0.6) is 0 Å². The number of piperazine rings is 1. The van der Waals surface area contributed by atoms with Crippen molar-refractivity contribution in [1.29, 1.82) is 0 Å². The summed E-state index contributed by atoms with van der Waals surface area (Å²) in [6.45, 7) is 2.94. The number of carbonyl (C=O) groups excluding carboxylic acids is 1. The molecule has 0 unspecified atom stereocenters. The van der Waals surface area contributed by atoms with Gasteiger partial charge in [-0.05, 0) is 30.8 Å². The summed E-state index contributed by atoms with van der Waals surface area (Å²) in [6, 6.07) is 13.0. The molecule has 0 bridgehead atoms. The topological polar surface area (TPSA) is 47.9 Å². The second-order valence-electron chi connectivity index (χ2n) is 7.69. The molecule has 162 valence electrons. The molecule has 0 saturated carbocycles. The van der Waals surface area contributed by atoms with Gasteiger partial charge in [0.2, 0.25) is 0 Å². The molecule has 8 heteroatoms. The van der Waals surface area contributed by atoms with E-state index >= 15 is 0 Å². The number of nitrogens with one attached hydrogen (secondary N) is 1. The van der Waals surface area contributed by atoms with Gasteiger partial charge < -0.3 is 15.1 Å². The Morgan fingerprint density at radius 2 is 1.74 bits per heavy atom. The maximum atomic E-state index is 13.3. The van der Waals surface area contributed by atoms with Crippen LogP contribution in [0.2, 0.25) is 0 Å². The molecule has 5 nitrogen and oxygen atoms in total. The summed E-state index contributed by atoms with van der Waals surface area (Å²) in [4.78, 5) is 21.4. The fourth-order valence-electron chi connectivity index (χ4n) is 3.69. The summed E-state index contributed by atoms with van der Waals surface area (Å²) in [5.74, 6) is -0.489. The summed E-state index contributed by atoms with van der Waals surface area (Å²) in [6.07, 6.45) is -2.32. The summed E-state index contributed by atoms with van der Waals surface area (Å²) < 4.78 is 39.9. The van der Waals surface area contributed by atoms with E-state index in [1.54, 1.807) is 0 Å². The van der Waals surface area contributed by atoms with Crippen LogP contribution in [0, 0.1) is 0 Å². The van der Waals surface area contributed by atoms with Crippen molar-refractivity contribution >= 4 is 28.7 Å². The van der Waals surface area contributed by atoms with Crippen molar-refractivity contribution in [2.75, 3.05) is 43.4 Å². The maximum absolute atomic E-state index is 13.3. The Labute approximate surface area is 178 Å². The van der Waals surface area contributed by atoms with E-state index < -0.39 is 17.6 Å². The first-order chi connectivity index (χ1) is 14.8. The fraction of sp³-hybridized carbons (Fsp3) is 0.304. The molecule has 4 rings (SSSR count). The zero-order valence-electron chi connectivity index (χ0n) is 17.1. The number of carbonyl (C=O) groups is 1. The summed E-state index contributed by atoms with van der Waals surface area (Å²) in [7, 11) is 2.00. The average molecular weight is 428 g/mol. The number of hydrogen-bond donors (Lipinski definition) is 1. The number of rotatable bonds is 4. The monoisotopic (exact) mass is 428 g/mol. The van der Waals surface area contributed by atoms with Gasteiger partial charge in [-0.1, -0.05) is 36.4 Å². The smallest absolute Gasteiger partial charge is 0.367 e. The van der Waals surface area contributed by atoms with E-state index in [-0.39, 0.29) is 11.4 Å². The van der Waals surface area contributed by atoms with E-state index in [2.05, 4.69) is 15.2 Å². The van der Waals surface area contributed by atoms with Gasteiger partial charge in [0.05, 0.1) is 22.6 Å². The second kappa shape index (κ2) is 8.55. The predicted octanol–water partition coefficient (Wildman–Crippen LogP) is 4.28. The van der Waals surface area contributed by atoms with E-state index in [9.17, 15) is 18.0 Å². The lowest BCUT2D eigenvalue weighted by Crippen LogP contribution is -2.44. The molecule has 0 aliphatic carbocycles. The van der Waals surface area contributed by atoms with Crippen molar-refractivity contribution in [3.8, 4) is 0 Å². The highest BCUT2D eigenvalue weighted by Gasteiger charge is 2.32. The van der Waals surface area contributed by atoms with Crippen LogP contribution < -0.4 is 10.2 Å². The molecular weight excluding hydrogens is 405 g/mol. The number of benzene rings is 2. The molecule has 2 aromatic carbocycles. The van der Waals surface area contributed by atoms with Crippen molar-refractivity contribution in [3.05, 3.63) is 65.7 Å². The maximum Gasteiger partial charge on any atom is 0.416 e. The highest BCUT2D eigenvalue weighted by molar-refractivity contribution is 6.45. The molecule has 1 fully saturated rings. The van der Waals surface area contributed by atoms with Crippen molar-refractivity contribution in [1.82, 2.24) is 4.90 Å². The van der Waals surface area contributed by atoms with Gasteiger partial charge in [0.25, 0.3) is 5.91 Å². The number of likely N-dealkylation sites (N-methyl/N-ethyl adjacent to an activating group) is 1. The fourth-order valence-corrected chi connectivity index (χ4v) is 3.69. The molecular formula is C23H23F3N4O. The van der Waals surface area contributed by atoms with Crippen LogP contribution in [0.3, 0.4) is 0 Å². The molecule has 1 saturated heterocycles. The van der Waals surface area contributed by atoms with Crippen LogP contribution in [-0.4, -0.2) is 49.7 Å². The largest absolute Gasteiger partial charge is 0.416 e. The average Bonchev–Trinajstić information content (AvgIpc) is 3.25. The Morgan fingerprint density at radius 3 is 2.42 bits per heavy atom. The Bertz CT molecular complexity index is 1020. The van der Waals surface area contributed by atoms with E-state index in [1.165, 1.54) is 6.07 Å². The molecule has 31 heavy (non-hydrogen) atoms. The molecule has 2 aliphatic heterocycles. The number of alkyl halides is 3. The SMILES string of the molecule is CN1CCN(c2ccc(C(F)(F)F)cc2NC(=O)C2=NC(c3ccccc3)=CC2)CC1. The summed E-state index contributed by atoms with van der Waals surface area (Å²) in [5.41, 5.74) is 1.80. The summed E-state index contributed by atoms with van der Waals surface area (Å²) in [5, 5.41) is 2.69. The number of halogens is 3. The molecule has 0 spiro atoms. The minimum Gasteiger partial charge on any atom is -0.367 e. The van der Waals surface area contributed by atoms with Gasteiger partial charge >= 0.3 is 6.18 Å². The Balaban J connectivity index is 1.58. The molecule has 2 aliphatic rings. The van der Waals surface area contributed by atoms with Crippen LogP contribution >= 0.6 is 0 Å². The Morgan fingerprint density at radius 1 is 1.03 bits per heavy atom. The first kappa shape index (κ1) is 21.1. The third-order valence-electron chi connectivity index (χ3n) is 5.49. The van der Waals surface area contributed by atoms with E-state index in [1.807, 2.05) is 48.4 Å². The molecule has 0 atom stereocenters. The van der Waals surface area contributed by atoms with Crippen molar-refractivity contribution in [2.45, 2.75) is 12.6 Å². The standard InChI is InChI=1S/C23H23F3N4O/c1-29-11-13-30(14-12-29)21-10-7-17(23(24,25)26)15-20(21)28-22(31)19-9-8-18(27-19)16-5-3-2-4-6-16/h2-8,10,15H,9,11-14H2,1H3,(H,28,31). The van der Waals surface area contributed by atoms with E-state index in [0.29, 0.717) is 30.9 Å². The minimum atomic E-state index is -4.49. The minimum absolute atomic E-state index is 0.153. The lowest BCUT2D eigenvalue weighted by Gasteiger charge is -2.35. The number of anilines is 2. The first-order valence-electron chi connectivity index (χ1n) is 10.1. The number of nitrogens with zero attached hydrogens (tertiary/aromatic N) is 3. The van der Waals surface area contributed by atoms with Gasteiger partial charge in [-0.2, -0.15) is 13.2 Å². The number of amides is 1. The van der Waals surface area contributed by atoms with Crippen molar-refractivity contribution in [3.63, 3.8) is 0 Å². The lowest BCUT2D eigenvalue weighted by molar-refractivity contribution is -0.137. The molecule has 0 aromatic heterocycles. The lowest BCUT2D eigenvalue weighted by atomic mass is 10.1. The number of hydrogen-bond acceptors (Lipinski definition) is 4. The van der Waals surface area contributed by atoms with Crippen LogP contribution in [0.15, 0.2) is 59.6 Å². The van der Waals surface area contributed by atoms with Gasteiger partial charge in [0, 0.05) is 32.6 Å². The van der Waals surface area contributed by atoms with Crippen LogP contribution in [-0.2, 0) is 11.0 Å². The van der Waals surface area contributed by atoms with Crippen LogP contribution in [0.4, 0.5) is 24.5 Å². The van der Waals surface area contributed by atoms with Gasteiger partial charge in [0.1, 0.15) is 5.71 Å². The Hall–Kier alpha value is -3.13. The molecule has 2 aromatic rings. The molecule has 1 amide bonds. The molecule has 1 N–H and O–H groups in total. The molecule has 2 heterocycles. The van der Waals surface area contributed by atoms with Gasteiger partial charge in [0.15, 0.2) is 0 Å². The quantitative estimate of drug-likeness (QED) is 0.791. The van der Waals surface area contributed by atoms with Gasteiger partial charge in [-0.15, -0.1) is 0 Å².